The standard InChI is InChI=1S/C17H17NO2.C16H13NO2.Li.H2O/c1-20-17(19)12-14-9-10-16(8-5-11-18-13-14)15-6-3-2-4-7-15;18-16(19)9-13-10-17-15-7-6-12(8-14(13)15)11-4-2-1-3-5-11;;/h2-11,13,18H,12H2,1H3;1-8,10,17H,9H2,(H,18,19);;1H2/q;;+1;/p-1. The van der Waals surface area contributed by atoms with Gasteiger partial charge in [-0.05, 0) is 51.6 Å². The summed E-state index contributed by atoms with van der Waals surface area (Å²) in [5, 5.41) is 9.89. The van der Waals surface area contributed by atoms with Gasteiger partial charge in [0.05, 0.1) is 20.0 Å². The van der Waals surface area contributed by atoms with E-state index in [-0.39, 0.29) is 43.1 Å². The van der Waals surface area contributed by atoms with Gasteiger partial charge >= 0.3 is 30.8 Å². The van der Waals surface area contributed by atoms with E-state index in [1.54, 1.807) is 12.4 Å². The quantitative estimate of drug-likeness (QED) is 0.222. The smallest absolute Gasteiger partial charge is 0.870 e. The van der Waals surface area contributed by atoms with E-state index < -0.39 is 5.97 Å². The summed E-state index contributed by atoms with van der Waals surface area (Å²) in [6.45, 7) is 0. The number of rotatable bonds is 6. The third-order valence-electron chi connectivity index (χ3n) is 6.11. The predicted octanol–water partition coefficient (Wildman–Crippen LogP) is 3.81. The van der Waals surface area contributed by atoms with Crippen molar-refractivity contribution in [1.29, 1.82) is 0 Å². The van der Waals surface area contributed by atoms with Gasteiger partial charge in [0.25, 0.3) is 0 Å². The minimum absolute atomic E-state index is 0. The molecule has 2 heterocycles. The molecule has 0 aliphatic heterocycles. The SMILES string of the molecule is COC(=O)Cc1ccc(-c2ccccc2)ccc[nH]c1.O=C(O)Cc1c[nH]c2ccc(-c3ccccc3)cc12.[Li+].[OH-]. The number of ether oxygens (including phenoxy) is 1. The van der Waals surface area contributed by atoms with Gasteiger partial charge in [0, 0.05) is 29.5 Å². The zero-order valence-corrected chi connectivity index (χ0v) is 23.1. The molecule has 0 saturated carbocycles. The molecule has 0 spiro atoms. The molecule has 4 N–H and O–H groups in total. The molecule has 5 aromatic rings. The van der Waals surface area contributed by atoms with Gasteiger partial charge in [-0.15, -0.1) is 0 Å². The molecule has 0 radical (unpaired) electrons. The average molecular weight is 543 g/mol. The van der Waals surface area contributed by atoms with E-state index >= 15 is 0 Å². The Morgan fingerprint density at radius 1 is 0.732 bits per heavy atom. The number of carbonyl (C=O) groups excluding carboxylic acids is 1. The number of carboxylic acid groups (broad SMARTS) is 1. The Labute approximate surface area is 251 Å². The number of carboxylic acids is 1. The molecule has 2 aromatic heterocycles. The molecule has 0 aliphatic carbocycles. The van der Waals surface area contributed by atoms with Crippen LogP contribution in [0.3, 0.4) is 0 Å². The Kier molecular flexibility index (Phi) is 13.2. The van der Waals surface area contributed by atoms with Gasteiger partial charge < -0.3 is 25.3 Å². The van der Waals surface area contributed by atoms with E-state index in [0.717, 1.165) is 44.3 Å². The average Bonchev–Trinajstić information content (AvgIpc) is 3.40. The fraction of sp³-hybridized carbons (Fsp3) is 0.0909. The normalized spacial score (nSPS) is 9.68. The van der Waals surface area contributed by atoms with Gasteiger partial charge in [-0.1, -0.05) is 84.9 Å². The van der Waals surface area contributed by atoms with Crippen LogP contribution < -0.4 is 18.9 Å². The van der Waals surface area contributed by atoms with Gasteiger partial charge in [-0.2, -0.15) is 0 Å². The second kappa shape index (κ2) is 16.5. The van der Waals surface area contributed by atoms with E-state index in [2.05, 4.69) is 22.1 Å². The maximum Gasteiger partial charge on any atom is 1.00 e. The molecule has 0 amide bonds. The van der Waals surface area contributed by atoms with Gasteiger partial charge in [-0.3, -0.25) is 9.59 Å². The van der Waals surface area contributed by atoms with E-state index in [0.29, 0.717) is 0 Å². The number of aromatic nitrogens is 2. The van der Waals surface area contributed by atoms with Gasteiger partial charge in [0.1, 0.15) is 0 Å². The molecule has 8 heteroatoms. The van der Waals surface area contributed by atoms with Gasteiger partial charge in [0.2, 0.25) is 0 Å². The summed E-state index contributed by atoms with van der Waals surface area (Å²) in [7, 11) is 1.39. The molecule has 0 saturated heterocycles. The summed E-state index contributed by atoms with van der Waals surface area (Å²) in [5.74, 6) is -1.07. The van der Waals surface area contributed by atoms with Crippen molar-refractivity contribution in [3.63, 3.8) is 0 Å². The fourth-order valence-corrected chi connectivity index (χ4v) is 4.13. The Balaban J connectivity index is 0.000000274. The largest absolute Gasteiger partial charge is 1.00 e. The molecule has 7 nitrogen and oxygen atoms in total. The Morgan fingerprint density at radius 2 is 1.32 bits per heavy atom. The number of hydrogen-bond donors (Lipinski definition) is 3. The summed E-state index contributed by atoms with van der Waals surface area (Å²) in [5.41, 5.74) is 7.10. The third-order valence-corrected chi connectivity index (χ3v) is 6.11. The first kappa shape index (κ1) is 32.7. The van der Waals surface area contributed by atoms with Crippen LogP contribution in [0.4, 0.5) is 0 Å². The fourth-order valence-electron chi connectivity index (χ4n) is 4.13. The minimum Gasteiger partial charge on any atom is -0.870 e. The number of nitrogens with one attached hydrogen (secondary N) is 2. The van der Waals surface area contributed by atoms with Crippen LogP contribution in [-0.4, -0.2) is 39.6 Å². The number of methoxy groups -OCH3 is 1. The molecule has 0 unspecified atom stereocenters. The molecular formula is C33H31LiN2O5. The van der Waals surface area contributed by atoms with Crippen molar-refractivity contribution in [1.82, 2.24) is 9.97 Å². The zero-order chi connectivity index (χ0) is 27.5. The number of aliphatic carboxylic acids is 1. The Hall–Kier alpha value is -4.54. The summed E-state index contributed by atoms with van der Waals surface area (Å²) >= 11 is 0. The van der Waals surface area contributed by atoms with Crippen molar-refractivity contribution in [2.24, 2.45) is 0 Å². The maximum atomic E-state index is 11.4. The monoisotopic (exact) mass is 542 g/mol. The zero-order valence-electron chi connectivity index (χ0n) is 23.1. The van der Waals surface area contributed by atoms with Gasteiger partial charge in [0.15, 0.2) is 0 Å². The van der Waals surface area contributed by atoms with Crippen molar-refractivity contribution >= 4 is 22.8 Å². The van der Waals surface area contributed by atoms with Crippen molar-refractivity contribution < 1.29 is 43.8 Å². The van der Waals surface area contributed by atoms with Crippen LogP contribution in [-0.2, 0) is 27.2 Å². The number of hydrogen-bond acceptors (Lipinski definition) is 4. The molecule has 41 heavy (non-hydrogen) atoms. The van der Waals surface area contributed by atoms with Crippen molar-refractivity contribution in [2.45, 2.75) is 12.8 Å². The number of H-pyrrole nitrogens is 2. The van der Waals surface area contributed by atoms with Crippen LogP contribution in [0.5, 0.6) is 0 Å². The molecular weight excluding hydrogens is 511 g/mol. The van der Waals surface area contributed by atoms with Crippen LogP contribution >= 0.6 is 0 Å². The van der Waals surface area contributed by atoms with Crippen LogP contribution in [0.2, 0.25) is 0 Å². The summed E-state index contributed by atoms with van der Waals surface area (Å²) < 4.78 is 4.69. The van der Waals surface area contributed by atoms with Crippen LogP contribution in [0.15, 0.2) is 122 Å². The molecule has 204 valence electrons. The van der Waals surface area contributed by atoms with E-state index in [1.165, 1.54) is 7.11 Å². The topological polar surface area (TPSA) is 125 Å². The molecule has 0 aliphatic rings. The minimum atomic E-state index is -0.814. The molecule has 0 bridgehead atoms. The van der Waals surface area contributed by atoms with Crippen LogP contribution in [0.25, 0.3) is 33.2 Å². The number of aromatic amines is 2. The summed E-state index contributed by atoms with van der Waals surface area (Å²) in [6, 6.07) is 34.1. The molecule has 0 atom stereocenters. The van der Waals surface area contributed by atoms with Crippen molar-refractivity contribution in [3.8, 4) is 22.3 Å². The summed E-state index contributed by atoms with van der Waals surface area (Å²) in [6.07, 6.45) is 5.68. The molecule has 0 fully saturated rings. The first-order valence-electron chi connectivity index (χ1n) is 12.5. The maximum absolute atomic E-state index is 11.4. The first-order chi connectivity index (χ1) is 19.0. The van der Waals surface area contributed by atoms with Gasteiger partial charge in [-0.25, -0.2) is 0 Å². The van der Waals surface area contributed by atoms with Crippen molar-refractivity contribution in [2.75, 3.05) is 7.11 Å². The number of carbonyl (C=O) groups is 2. The molecule has 3 aromatic carbocycles. The first-order valence-corrected chi connectivity index (χ1v) is 12.5. The summed E-state index contributed by atoms with van der Waals surface area (Å²) in [4.78, 5) is 28.4. The number of esters is 1. The predicted molar refractivity (Wildman–Crippen MR) is 157 cm³/mol. The Bertz CT molecular complexity index is 1600. The Morgan fingerprint density at radius 3 is 1.95 bits per heavy atom. The van der Waals surface area contributed by atoms with Crippen molar-refractivity contribution in [3.05, 3.63) is 133 Å². The van der Waals surface area contributed by atoms with Crippen LogP contribution in [0.1, 0.15) is 11.1 Å². The van der Waals surface area contributed by atoms with Crippen LogP contribution in [0, 0.1) is 0 Å². The van der Waals surface area contributed by atoms with E-state index in [1.807, 2.05) is 97.2 Å². The second-order valence-corrected chi connectivity index (χ2v) is 8.83. The third kappa shape index (κ3) is 9.55. The van der Waals surface area contributed by atoms with E-state index in [4.69, 9.17) is 9.84 Å². The number of benzene rings is 3. The second-order valence-electron chi connectivity index (χ2n) is 8.83. The van der Waals surface area contributed by atoms with E-state index in [9.17, 15) is 9.59 Å². The molecule has 5 rings (SSSR count). The number of fused-ring (bicyclic) bond motifs is 1.